The van der Waals surface area contributed by atoms with E-state index >= 15 is 0 Å². The molecule has 1 atom stereocenters. The molecule has 60 valence electrons. The van der Waals surface area contributed by atoms with Crippen LogP contribution >= 0.6 is 0 Å². The first-order valence-electron chi connectivity index (χ1n) is 4.26. The fraction of sp³-hybridized carbons (Fsp3) is 1.00. The van der Waals surface area contributed by atoms with Crippen molar-refractivity contribution in [2.45, 2.75) is 38.8 Å². The van der Waals surface area contributed by atoms with Crippen molar-refractivity contribution in [2.75, 3.05) is 13.1 Å². The summed E-state index contributed by atoms with van der Waals surface area (Å²) in [6.45, 7) is 6.73. The first-order chi connectivity index (χ1) is 4.79. The van der Waals surface area contributed by atoms with Gasteiger partial charge in [0.2, 0.25) is 0 Å². The van der Waals surface area contributed by atoms with Crippen molar-refractivity contribution in [3.05, 3.63) is 0 Å². The van der Waals surface area contributed by atoms with Crippen molar-refractivity contribution in [3.63, 3.8) is 0 Å². The molecular weight excluding hydrogens is 124 g/mol. The molecule has 0 amide bonds. The second-order valence-electron chi connectivity index (χ2n) is 3.36. The molecule has 2 N–H and O–H groups in total. The highest BCUT2D eigenvalue weighted by Crippen LogP contribution is 2.03. The number of hydrogen-bond acceptors (Lipinski definition) is 2. The molecule has 1 heterocycles. The summed E-state index contributed by atoms with van der Waals surface area (Å²) in [5, 5.41) is 6.87. The van der Waals surface area contributed by atoms with Crippen LogP contribution in [0.15, 0.2) is 0 Å². The summed E-state index contributed by atoms with van der Waals surface area (Å²) in [6.07, 6.45) is 2.70. The first kappa shape index (κ1) is 8.02. The topological polar surface area (TPSA) is 24.1 Å². The second kappa shape index (κ2) is 3.94. The Morgan fingerprint density at radius 3 is 2.90 bits per heavy atom. The lowest BCUT2D eigenvalue weighted by atomic mass is 10.2. The molecule has 0 spiro atoms. The molecule has 0 bridgehead atoms. The van der Waals surface area contributed by atoms with Gasteiger partial charge in [0, 0.05) is 18.6 Å². The van der Waals surface area contributed by atoms with Gasteiger partial charge in [-0.25, -0.2) is 0 Å². The molecule has 0 unspecified atom stereocenters. The van der Waals surface area contributed by atoms with E-state index in [0.717, 1.165) is 12.6 Å². The van der Waals surface area contributed by atoms with Gasteiger partial charge in [0.05, 0.1) is 0 Å². The van der Waals surface area contributed by atoms with Crippen LogP contribution < -0.4 is 10.6 Å². The van der Waals surface area contributed by atoms with E-state index in [-0.39, 0.29) is 0 Å². The zero-order valence-electron chi connectivity index (χ0n) is 6.98. The van der Waals surface area contributed by atoms with Gasteiger partial charge in [-0.3, -0.25) is 0 Å². The molecule has 1 fully saturated rings. The van der Waals surface area contributed by atoms with Crippen molar-refractivity contribution in [1.82, 2.24) is 10.6 Å². The summed E-state index contributed by atoms with van der Waals surface area (Å²) < 4.78 is 0. The zero-order chi connectivity index (χ0) is 7.40. The van der Waals surface area contributed by atoms with E-state index in [0.29, 0.717) is 6.04 Å². The summed E-state index contributed by atoms with van der Waals surface area (Å²) in [5.41, 5.74) is 0. The highest BCUT2D eigenvalue weighted by Gasteiger charge is 2.12. The predicted molar refractivity (Wildman–Crippen MR) is 44.2 cm³/mol. The smallest absolute Gasteiger partial charge is 0.0193 e. The average molecular weight is 142 g/mol. The van der Waals surface area contributed by atoms with E-state index in [1.165, 1.54) is 19.4 Å². The maximum Gasteiger partial charge on any atom is 0.0193 e. The molecule has 1 saturated heterocycles. The van der Waals surface area contributed by atoms with Gasteiger partial charge in [-0.15, -0.1) is 0 Å². The zero-order valence-corrected chi connectivity index (χ0v) is 6.98. The van der Waals surface area contributed by atoms with Crippen molar-refractivity contribution in [1.29, 1.82) is 0 Å². The molecule has 0 aromatic rings. The lowest BCUT2D eigenvalue weighted by molar-refractivity contribution is 0.497. The van der Waals surface area contributed by atoms with Crippen LogP contribution in [0.25, 0.3) is 0 Å². The summed E-state index contributed by atoms with van der Waals surface area (Å²) >= 11 is 0. The Morgan fingerprint density at radius 1 is 1.60 bits per heavy atom. The van der Waals surface area contributed by atoms with E-state index in [4.69, 9.17) is 0 Å². The minimum atomic E-state index is 0.627. The summed E-state index contributed by atoms with van der Waals surface area (Å²) in [6, 6.07) is 1.37. The number of hydrogen-bond donors (Lipinski definition) is 2. The van der Waals surface area contributed by atoms with Crippen LogP contribution in [0.5, 0.6) is 0 Å². The Labute approximate surface area is 63.4 Å². The first-order valence-corrected chi connectivity index (χ1v) is 4.26. The van der Waals surface area contributed by atoms with E-state index in [1.807, 2.05) is 0 Å². The third-order valence-electron chi connectivity index (χ3n) is 1.93. The molecule has 1 aliphatic heterocycles. The van der Waals surface area contributed by atoms with E-state index < -0.39 is 0 Å². The van der Waals surface area contributed by atoms with Crippen LogP contribution in [0, 0.1) is 0 Å². The lowest BCUT2D eigenvalue weighted by Crippen LogP contribution is -2.37. The van der Waals surface area contributed by atoms with Gasteiger partial charge in [0.15, 0.2) is 0 Å². The summed E-state index contributed by atoms with van der Waals surface area (Å²) in [4.78, 5) is 0. The van der Waals surface area contributed by atoms with Gasteiger partial charge in [-0.2, -0.15) is 0 Å². The predicted octanol–water partition coefficient (Wildman–Crippen LogP) is 0.736. The third-order valence-corrected chi connectivity index (χ3v) is 1.93. The van der Waals surface area contributed by atoms with E-state index in [2.05, 4.69) is 24.5 Å². The van der Waals surface area contributed by atoms with E-state index in [1.54, 1.807) is 0 Å². The van der Waals surface area contributed by atoms with Crippen LogP contribution in [0.1, 0.15) is 26.7 Å². The molecule has 0 saturated carbocycles. The van der Waals surface area contributed by atoms with Gasteiger partial charge < -0.3 is 10.6 Å². The summed E-state index contributed by atoms with van der Waals surface area (Å²) in [7, 11) is 0. The van der Waals surface area contributed by atoms with Crippen LogP contribution in [0.4, 0.5) is 0 Å². The van der Waals surface area contributed by atoms with Crippen LogP contribution in [0.2, 0.25) is 0 Å². The minimum Gasteiger partial charge on any atom is -0.313 e. The molecule has 2 nitrogen and oxygen atoms in total. The Kier molecular flexibility index (Phi) is 3.16. The molecular formula is C8H18N2. The van der Waals surface area contributed by atoms with Gasteiger partial charge in [-0.1, -0.05) is 13.8 Å². The van der Waals surface area contributed by atoms with Gasteiger partial charge in [0.25, 0.3) is 0 Å². The van der Waals surface area contributed by atoms with Crippen LogP contribution in [0.3, 0.4) is 0 Å². The van der Waals surface area contributed by atoms with Crippen LogP contribution in [-0.2, 0) is 0 Å². The maximum absolute atomic E-state index is 3.45. The molecule has 0 aliphatic carbocycles. The van der Waals surface area contributed by atoms with Crippen molar-refractivity contribution in [3.8, 4) is 0 Å². The lowest BCUT2D eigenvalue weighted by Gasteiger charge is -2.13. The molecule has 0 aromatic carbocycles. The monoisotopic (exact) mass is 142 g/mol. The fourth-order valence-electron chi connectivity index (χ4n) is 1.31. The highest BCUT2D eigenvalue weighted by molar-refractivity contribution is 4.76. The summed E-state index contributed by atoms with van der Waals surface area (Å²) in [5.74, 6) is 0. The normalized spacial score (nSPS) is 26.1. The Balaban J connectivity index is 2.01. The Hall–Kier alpha value is -0.0800. The standard InChI is InChI=1S/C8H18N2/c1-7(2)10-6-8-4-3-5-9-8/h7-10H,3-6H2,1-2H3/t8-/m0/s1. The molecule has 1 aliphatic rings. The largest absolute Gasteiger partial charge is 0.313 e. The van der Waals surface area contributed by atoms with Crippen molar-refractivity contribution in [2.24, 2.45) is 0 Å². The minimum absolute atomic E-state index is 0.627. The van der Waals surface area contributed by atoms with Crippen molar-refractivity contribution >= 4 is 0 Å². The average Bonchev–Trinajstić information content (AvgIpc) is 2.34. The SMILES string of the molecule is CC(C)NC[C@@H]1CCCN1. The molecule has 0 radical (unpaired) electrons. The molecule has 0 aromatic heterocycles. The quantitative estimate of drug-likeness (QED) is 0.607. The van der Waals surface area contributed by atoms with E-state index in [9.17, 15) is 0 Å². The van der Waals surface area contributed by atoms with Gasteiger partial charge >= 0.3 is 0 Å². The fourth-order valence-corrected chi connectivity index (χ4v) is 1.31. The second-order valence-corrected chi connectivity index (χ2v) is 3.36. The molecule has 2 heteroatoms. The van der Waals surface area contributed by atoms with Crippen molar-refractivity contribution < 1.29 is 0 Å². The number of nitrogens with one attached hydrogen (secondary N) is 2. The highest BCUT2D eigenvalue weighted by atomic mass is 15.0. The third kappa shape index (κ3) is 2.67. The Morgan fingerprint density at radius 2 is 2.40 bits per heavy atom. The maximum atomic E-state index is 3.45. The molecule has 10 heavy (non-hydrogen) atoms. The molecule has 1 rings (SSSR count). The van der Waals surface area contributed by atoms with Crippen LogP contribution in [-0.4, -0.2) is 25.2 Å². The van der Waals surface area contributed by atoms with Gasteiger partial charge in [-0.05, 0) is 19.4 Å². The number of rotatable bonds is 3. The Bertz CT molecular complexity index is 85.3. The van der Waals surface area contributed by atoms with Gasteiger partial charge in [0.1, 0.15) is 0 Å².